The maximum atomic E-state index is 13.1. The molecular weight excluding hydrogens is 396 g/mol. The summed E-state index contributed by atoms with van der Waals surface area (Å²) in [7, 11) is 0. The molecule has 1 amide bonds. The second-order valence-electron chi connectivity index (χ2n) is 8.52. The van der Waals surface area contributed by atoms with Gasteiger partial charge in [0.2, 0.25) is 0 Å². The fourth-order valence-electron chi connectivity index (χ4n) is 4.41. The Morgan fingerprint density at radius 1 is 0.938 bits per heavy atom. The Hall–Kier alpha value is -3.46. The lowest BCUT2D eigenvalue weighted by Crippen LogP contribution is -3.29. The highest BCUT2D eigenvalue weighted by Gasteiger charge is 2.31. The molecule has 1 saturated heterocycles. The number of quaternary nitrogens is 2. The predicted molar refractivity (Wildman–Crippen MR) is 126 cm³/mol. The molecule has 1 heterocycles. The van der Waals surface area contributed by atoms with Gasteiger partial charge in [0.15, 0.2) is 6.04 Å². The number of para-hydroxylation sites is 1. The molecule has 162 valence electrons. The molecule has 1 aliphatic heterocycles. The van der Waals surface area contributed by atoms with Gasteiger partial charge in [0.1, 0.15) is 32.7 Å². The van der Waals surface area contributed by atoms with Gasteiger partial charge in [-0.25, -0.2) is 0 Å². The molecule has 4 rings (SSSR count). The van der Waals surface area contributed by atoms with Gasteiger partial charge in [0.25, 0.3) is 5.91 Å². The molecular formula is C27H30N4O+2. The summed E-state index contributed by atoms with van der Waals surface area (Å²) in [6, 6.07) is 28.1. The third-order valence-corrected chi connectivity index (χ3v) is 6.41. The molecule has 5 nitrogen and oxygen atoms in total. The number of nitrogens with one attached hydrogen (secondary N) is 3. The molecule has 0 unspecified atom stereocenters. The molecule has 32 heavy (non-hydrogen) atoms. The highest BCUT2D eigenvalue weighted by Crippen LogP contribution is 2.27. The zero-order valence-corrected chi connectivity index (χ0v) is 18.5. The van der Waals surface area contributed by atoms with E-state index in [0.29, 0.717) is 5.56 Å². The van der Waals surface area contributed by atoms with Crippen molar-refractivity contribution in [3.63, 3.8) is 0 Å². The highest BCUT2D eigenvalue weighted by atomic mass is 16.2. The van der Waals surface area contributed by atoms with Gasteiger partial charge >= 0.3 is 0 Å². The number of carbonyl (C=O) groups excluding carboxylic acids is 1. The monoisotopic (exact) mass is 426 g/mol. The lowest BCUT2D eigenvalue weighted by atomic mass is 10.0. The standard InChI is InChI=1S/C27H28N4O/c1-21(27(32)29-26-10-6-5-9-25(26)24-7-3-2-4-8-24)31-17-15-30(16-18-31)20-23-13-11-22(19-28)12-14-23/h2-14,21H,15-18,20H2,1H3,(H,29,32)/p+2/t21-/m1/s1. The number of hydrogen-bond acceptors (Lipinski definition) is 2. The Balaban J connectivity index is 1.33. The first-order chi connectivity index (χ1) is 15.6. The summed E-state index contributed by atoms with van der Waals surface area (Å²) in [6.07, 6.45) is 0. The summed E-state index contributed by atoms with van der Waals surface area (Å²) >= 11 is 0. The largest absolute Gasteiger partial charge is 0.322 e. The van der Waals surface area contributed by atoms with E-state index in [4.69, 9.17) is 5.26 Å². The van der Waals surface area contributed by atoms with Crippen LogP contribution in [0, 0.1) is 11.3 Å². The van der Waals surface area contributed by atoms with Gasteiger partial charge in [-0.3, -0.25) is 4.79 Å². The molecule has 1 fully saturated rings. The van der Waals surface area contributed by atoms with E-state index in [1.807, 2.05) is 73.7 Å². The molecule has 3 aromatic rings. The van der Waals surface area contributed by atoms with Crippen LogP contribution in [0.2, 0.25) is 0 Å². The molecule has 5 heteroatoms. The third-order valence-electron chi connectivity index (χ3n) is 6.41. The van der Waals surface area contributed by atoms with Gasteiger partial charge in [-0.2, -0.15) is 5.26 Å². The van der Waals surface area contributed by atoms with Gasteiger partial charge in [0, 0.05) is 16.8 Å². The summed E-state index contributed by atoms with van der Waals surface area (Å²) in [5.74, 6) is 0.0684. The van der Waals surface area contributed by atoms with Crippen molar-refractivity contribution in [1.29, 1.82) is 5.26 Å². The van der Waals surface area contributed by atoms with Crippen LogP contribution in [0.25, 0.3) is 11.1 Å². The molecule has 0 spiro atoms. The summed E-state index contributed by atoms with van der Waals surface area (Å²) in [4.78, 5) is 15.9. The Morgan fingerprint density at radius 3 is 2.28 bits per heavy atom. The molecule has 0 aliphatic carbocycles. The van der Waals surface area contributed by atoms with Gasteiger partial charge < -0.3 is 15.1 Å². The lowest BCUT2D eigenvalue weighted by Gasteiger charge is -2.32. The van der Waals surface area contributed by atoms with Crippen molar-refractivity contribution in [2.75, 3.05) is 31.5 Å². The Morgan fingerprint density at radius 2 is 1.59 bits per heavy atom. The number of amides is 1. The molecule has 0 radical (unpaired) electrons. The Labute approximate surface area is 189 Å². The van der Waals surface area contributed by atoms with Crippen LogP contribution in [-0.4, -0.2) is 38.1 Å². The Bertz CT molecular complexity index is 1080. The van der Waals surface area contributed by atoms with E-state index >= 15 is 0 Å². The maximum absolute atomic E-state index is 13.1. The van der Waals surface area contributed by atoms with Crippen molar-refractivity contribution >= 4 is 11.6 Å². The summed E-state index contributed by atoms with van der Waals surface area (Å²) < 4.78 is 0. The third kappa shape index (κ3) is 5.23. The fourth-order valence-corrected chi connectivity index (χ4v) is 4.41. The summed E-state index contributed by atoms with van der Waals surface area (Å²) in [6.45, 7) is 7.01. The minimum atomic E-state index is -0.102. The van der Waals surface area contributed by atoms with E-state index < -0.39 is 0 Å². The van der Waals surface area contributed by atoms with Crippen molar-refractivity contribution in [2.45, 2.75) is 19.5 Å². The van der Waals surface area contributed by atoms with E-state index in [-0.39, 0.29) is 11.9 Å². The van der Waals surface area contributed by atoms with Crippen molar-refractivity contribution < 1.29 is 14.6 Å². The van der Waals surface area contributed by atoms with E-state index in [9.17, 15) is 4.79 Å². The summed E-state index contributed by atoms with van der Waals surface area (Å²) in [5.41, 5.74) is 4.96. The molecule has 3 N–H and O–H groups in total. The molecule has 0 saturated carbocycles. The van der Waals surface area contributed by atoms with Crippen molar-refractivity contribution in [1.82, 2.24) is 0 Å². The van der Waals surface area contributed by atoms with Crippen LogP contribution in [0.5, 0.6) is 0 Å². The zero-order chi connectivity index (χ0) is 22.3. The smallest absolute Gasteiger partial charge is 0.282 e. The molecule has 0 aromatic heterocycles. The van der Waals surface area contributed by atoms with Crippen LogP contribution in [0.1, 0.15) is 18.1 Å². The van der Waals surface area contributed by atoms with Crippen LogP contribution in [0.3, 0.4) is 0 Å². The van der Waals surface area contributed by atoms with Crippen molar-refractivity contribution in [3.05, 3.63) is 90.0 Å². The maximum Gasteiger partial charge on any atom is 0.282 e. The van der Waals surface area contributed by atoms with Gasteiger partial charge in [0.05, 0.1) is 11.6 Å². The van der Waals surface area contributed by atoms with E-state index in [1.165, 1.54) is 15.4 Å². The van der Waals surface area contributed by atoms with Gasteiger partial charge in [-0.15, -0.1) is 0 Å². The van der Waals surface area contributed by atoms with Crippen LogP contribution in [-0.2, 0) is 11.3 Å². The molecule has 3 aromatic carbocycles. The average molecular weight is 427 g/mol. The number of nitriles is 1. The van der Waals surface area contributed by atoms with Crippen LogP contribution in [0.15, 0.2) is 78.9 Å². The zero-order valence-electron chi connectivity index (χ0n) is 18.5. The first-order valence-corrected chi connectivity index (χ1v) is 11.3. The van der Waals surface area contributed by atoms with E-state index in [0.717, 1.165) is 49.5 Å². The van der Waals surface area contributed by atoms with E-state index in [2.05, 4.69) is 23.5 Å². The van der Waals surface area contributed by atoms with Crippen molar-refractivity contribution in [2.24, 2.45) is 0 Å². The predicted octanol–water partition coefficient (Wildman–Crippen LogP) is 1.54. The number of rotatable bonds is 6. The van der Waals surface area contributed by atoms with Gasteiger partial charge in [-0.1, -0.05) is 60.7 Å². The average Bonchev–Trinajstić information content (AvgIpc) is 2.85. The topological polar surface area (TPSA) is 61.8 Å². The minimum Gasteiger partial charge on any atom is -0.322 e. The SMILES string of the molecule is C[C@H](C(=O)Nc1ccccc1-c1ccccc1)[NH+]1CC[NH+](Cc2ccc(C#N)cc2)CC1. The second kappa shape index (κ2) is 10.2. The van der Waals surface area contributed by atoms with Crippen LogP contribution >= 0.6 is 0 Å². The molecule has 1 atom stereocenters. The molecule has 0 bridgehead atoms. The summed E-state index contributed by atoms with van der Waals surface area (Å²) in [5, 5.41) is 12.1. The molecule has 1 aliphatic rings. The Kier molecular flexibility index (Phi) is 6.96. The highest BCUT2D eigenvalue weighted by molar-refractivity contribution is 5.97. The number of benzene rings is 3. The van der Waals surface area contributed by atoms with Crippen LogP contribution < -0.4 is 15.1 Å². The van der Waals surface area contributed by atoms with Crippen LogP contribution in [0.4, 0.5) is 5.69 Å². The number of piperazine rings is 1. The van der Waals surface area contributed by atoms with E-state index in [1.54, 1.807) is 0 Å². The number of carbonyl (C=O) groups is 1. The number of nitrogens with zero attached hydrogens (tertiary/aromatic N) is 1. The lowest BCUT2D eigenvalue weighted by molar-refractivity contribution is -1.02. The fraction of sp³-hybridized carbons (Fsp3) is 0.259. The van der Waals surface area contributed by atoms with Gasteiger partial charge in [-0.05, 0) is 30.7 Å². The second-order valence-corrected chi connectivity index (χ2v) is 8.52. The normalized spacial score (nSPS) is 19.0. The minimum absolute atomic E-state index is 0.0684. The quantitative estimate of drug-likeness (QED) is 0.560. The number of hydrogen-bond donors (Lipinski definition) is 3. The first kappa shape index (κ1) is 21.8. The first-order valence-electron chi connectivity index (χ1n) is 11.3. The van der Waals surface area contributed by atoms with Crippen molar-refractivity contribution in [3.8, 4) is 17.2 Å². The number of anilines is 1.